The van der Waals surface area contributed by atoms with Crippen LogP contribution in [0.5, 0.6) is 0 Å². The van der Waals surface area contributed by atoms with E-state index >= 15 is 0 Å². The van der Waals surface area contributed by atoms with Crippen LogP contribution in [0.1, 0.15) is 19.4 Å². The number of nitrogens with zero attached hydrogens (tertiary/aromatic N) is 2. The number of carbonyl (C=O) groups excluding carboxylic acids is 2. The summed E-state index contributed by atoms with van der Waals surface area (Å²) in [6, 6.07) is 4.64. The number of esters is 2. The lowest BCUT2D eigenvalue weighted by atomic mass is 10.00. The van der Waals surface area contributed by atoms with Crippen molar-refractivity contribution >= 4 is 35.1 Å². The van der Waals surface area contributed by atoms with E-state index in [1.54, 1.807) is 4.90 Å². The lowest BCUT2D eigenvalue weighted by Crippen LogP contribution is -2.45. The Kier molecular flexibility index (Phi) is 6.45. The Morgan fingerprint density at radius 3 is 2.39 bits per heavy atom. The molecule has 1 aromatic carbocycles. The van der Waals surface area contributed by atoms with Gasteiger partial charge in [-0.15, -0.1) is 11.8 Å². The first-order valence-electron chi connectivity index (χ1n) is 8.23. The van der Waals surface area contributed by atoms with Crippen LogP contribution in [-0.2, 0) is 19.1 Å². The minimum Gasteiger partial charge on any atom is -0.467 e. The van der Waals surface area contributed by atoms with Crippen molar-refractivity contribution in [3.63, 3.8) is 0 Å². The number of nitrogens with one attached hydrogen (secondary N) is 1. The van der Waals surface area contributed by atoms with Gasteiger partial charge in [-0.1, -0.05) is 0 Å². The van der Waals surface area contributed by atoms with Gasteiger partial charge in [-0.25, -0.2) is 9.59 Å². The number of non-ortho nitro benzene ring substituents is 1. The van der Waals surface area contributed by atoms with Crippen molar-refractivity contribution in [1.82, 2.24) is 4.90 Å². The lowest BCUT2D eigenvalue weighted by molar-refractivity contribution is -0.384. The lowest BCUT2D eigenvalue weighted by Gasteiger charge is -2.28. The molecule has 1 heterocycles. The number of hydrogen-bond donors (Lipinski definition) is 1. The summed E-state index contributed by atoms with van der Waals surface area (Å²) in [5.74, 6) is -0.778. The molecule has 0 amide bonds. The second kappa shape index (κ2) is 8.42. The summed E-state index contributed by atoms with van der Waals surface area (Å²) in [5.41, 5.74) is -0.0461. The van der Waals surface area contributed by atoms with Gasteiger partial charge in [-0.3, -0.25) is 15.5 Å². The van der Waals surface area contributed by atoms with E-state index in [4.69, 9.17) is 14.9 Å². The molecule has 2 rings (SSSR count). The summed E-state index contributed by atoms with van der Waals surface area (Å²) in [7, 11) is 2.49. The number of carbonyl (C=O) groups is 2. The van der Waals surface area contributed by atoms with Gasteiger partial charge in [-0.05, 0) is 26.0 Å². The Morgan fingerprint density at radius 2 is 1.89 bits per heavy atom. The molecule has 0 unspecified atom stereocenters. The van der Waals surface area contributed by atoms with Crippen LogP contribution in [-0.4, -0.2) is 58.4 Å². The predicted molar refractivity (Wildman–Crippen MR) is 104 cm³/mol. The SMILES string of the molecule is COC(=O)/C(=C/N1CSC(C)(C)[C@@H]1C(=O)OC)C(=N)c1ccc([N+](=O)[O-])cc1. The maximum absolute atomic E-state index is 12.3. The summed E-state index contributed by atoms with van der Waals surface area (Å²) >= 11 is 1.52. The normalized spacial score (nSPS) is 18.5. The van der Waals surface area contributed by atoms with E-state index in [1.165, 1.54) is 56.4 Å². The van der Waals surface area contributed by atoms with Gasteiger partial charge >= 0.3 is 11.9 Å². The molecule has 0 aliphatic carbocycles. The van der Waals surface area contributed by atoms with Gasteiger partial charge in [0.05, 0.1) is 30.7 Å². The summed E-state index contributed by atoms with van der Waals surface area (Å²) in [5, 5.41) is 19.2. The molecule has 1 aliphatic rings. The second-order valence-electron chi connectivity index (χ2n) is 6.53. The number of nitro benzene ring substituents is 1. The minimum absolute atomic E-state index is 0.0662. The van der Waals surface area contributed by atoms with E-state index in [0.717, 1.165) is 0 Å². The number of rotatable bonds is 6. The topological polar surface area (TPSA) is 123 Å². The number of methoxy groups -OCH3 is 2. The largest absolute Gasteiger partial charge is 0.467 e. The summed E-state index contributed by atoms with van der Waals surface area (Å²) in [6.45, 7) is 3.79. The first-order chi connectivity index (χ1) is 13.1. The number of benzene rings is 1. The number of nitro groups is 1. The smallest absolute Gasteiger partial charge is 0.341 e. The van der Waals surface area contributed by atoms with Gasteiger partial charge in [-0.2, -0.15) is 0 Å². The van der Waals surface area contributed by atoms with Crippen molar-refractivity contribution in [1.29, 1.82) is 5.41 Å². The fourth-order valence-electron chi connectivity index (χ4n) is 2.84. The molecule has 1 saturated heterocycles. The average molecular weight is 407 g/mol. The van der Waals surface area contributed by atoms with E-state index in [-0.39, 0.29) is 17.0 Å². The standard InChI is InChI=1S/C18H21N3O6S/c1-18(2)15(17(23)27-4)20(10-28-18)9-13(16(22)26-3)14(19)11-5-7-12(8-6-11)21(24)25/h5-9,15,19H,10H2,1-4H3/b13-9+,19-14?/t15-/m0/s1. The molecule has 0 saturated carbocycles. The van der Waals surface area contributed by atoms with Crippen LogP contribution in [0.15, 0.2) is 36.0 Å². The van der Waals surface area contributed by atoms with Crippen LogP contribution in [0.3, 0.4) is 0 Å². The van der Waals surface area contributed by atoms with E-state index < -0.39 is 27.7 Å². The van der Waals surface area contributed by atoms with Crippen LogP contribution in [0.25, 0.3) is 0 Å². The predicted octanol–water partition coefficient (Wildman–Crippen LogP) is 2.35. The molecule has 10 heteroatoms. The Labute approximate surface area is 166 Å². The van der Waals surface area contributed by atoms with Crippen LogP contribution in [0.4, 0.5) is 5.69 Å². The van der Waals surface area contributed by atoms with Gasteiger partial charge < -0.3 is 14.4 Å². The fraction of sp³-hybridized carbons (Fsp3) is 0.389. The molecule has 28 heavy (non-hydrogen) atoms. The van der Waals surface area contributed by atoms with Crippen molar-refractivity contribution < 1.29 is 24.0 Å². The third-order valence-electron chi connectivity index (χ3n) is 4.34. The van der Waals surface area contributed by atoms with Crippen LogP contribution < -0.4 is 0 Å². The monoisotopic (exact) mass is 407 g/mol. The highest BCUT2D eigenvalue weighted by Crippen LogP contribution is 2.40. The van der Waals surface area contributed by atoms with Crippen LogP contribution >= 0.6 is 11.8 Å². The van der Waals surface area contributed by atoms with Crippen LogP contribution in [0, 0.1) is 15.5 Å². The Hall–Kier alpha value is -2.88. The Bertz CT molecular complexity index is 834. The zero-order valence-corrected chi connectivity index (χ0v) is 16.7. The molecular weight excluding hydrogens is 386 g/mol. The molecule has 0 spiro atoms. The zero-order valence-electron chi connectivity index (χ0n) is 15.9. The van der Waals surface area contributed by atoms with Gasteiger partial charge in [0, 0.05) is 28.6 Å². The van der Waals surface area contributed by atoms with E-state index in [2.05, 4.69) is 0 Å². The molecule has 1 aromatic rings. The molecule has 1 fully saturated rings. The van der Waals surface area contributed by atoms with Gasteiger partial charge in [0.25, 0.3) is 5.69 Å². The highest BCUT2D eigenvalue weighted by atomic mass is 32.2. The number of ether oxygens (including phenoxy) is 2. The third kappa shape index (κ3) is 4.33. The average Bonchev–Trinajstić information content (AvgIpc) is 2.98. The zero-order chi connectivity index (χ0) is 21.1. The van der Waals surface area contributed by atoms with Crippen molar-refractivity contribution in [2.45, 2.75) is 24.6 Å². The quantitative estimate of drug-likeness (QED) is 0.251. The van der Waals surface area contributed by atoms with Crippen LogP contribution in [0.2, 0.25) is 0 Å². The molecule has 9 nitrogen and oxygen atoms in total. The summed E-state index contributed by atoms with van der Waals surface area (Å²) in [6.07, 6.45) is 1.42. The van der Waals surface area contributed by atoms with Crippen molar-refractivity contribution in [2.24, 2.45) is 0 Å². The summed E-state index contributed by atoms with van der Waals surface area (Å²) < 4.78 is 9.23. The number of thioether (sulfide) groups is 1. The highest BCUT2D eigenvalue weighted by Gasteiger charge is 2.46. The minimum atomic E-state index is -0.748. The molecule has 1 aliphatic heterocycles. The van der Waals surface area contributed by atoms with Crippen molar-refractivity contribution in [3.05, 3.63) is 51.7 Å². The molecule has 0 bridgehead atoms. The maximum atomic E-state index is 12.3. The van der Waals surface area contributed by atoms with Crippen molar-refractivity contribution in [2.75, 3.05) is 20.1 Å². The molecular formula is C18H21N3O6S. The van der Waals surface area contributed by atoms with Gasteiger partial charge in [0.1, 0.15) is 11.6 Å². The van der Waals surface area contributed by atoms with Gasteiger partial charge in [0.15, 0.2) is 0 Å². The van der Waals surface area contributed by atoms with E-state index in [0.29, 0.717) is 11.4 Å². The fourth-order valence-corrected chi connectivity index (χ4v) is 3.93. The summed E-state index contributed by atoms with van der Waals surface area (Å²) in [4.78, 5) is 36.5. The molecule has 150 valence electrons. The Balaban J connectivity index is 2.42. The van der Waals surface area contributed by atoms with Crippen molar-refractivity contribution in [3.8, 4) is 0 Å². The highest BCUT2D eigenvalue weighted by molar-refractivity contribution is 8.00. The van der Waals surface area contributed by atoms with E-state index in [9.17, 15) is 19.7 Å². The van der Waals surface area contributed by atoms with Gasteiger partial charge in [0.2, 0.25) is 0 Å². The Morgan fingerprint density at radius 1 is 1.29 bits per heavy atom. The number of hydrogen-bond acceptors (Lipinski definition) is 9. The molecule has 1 atom stereocenters. The second-order valence-corrected chi connectivity index (χ2v) is 8.13. The maximum Gasteiger partial charge on any atom is 0.341 e. The molecule has 0 radical (unpaired) electrons. The molecule has 0 aromatic heterocycles. The third-order valence-corrected chi connectivity index (χ3v) is 5.73. The molecule has 1 N–H and O–H groups in total. The van der Waals surface area contributed by atoms with E-state index in [1.807, 2.05) is 13.8 Å². The first kappa shape index (κ1) is 21.4. The first-order valence-corrected chi connectivity index (χ1v) is 9.22.